The smallest absolute Gasteiger partial charge is 0.255 e. The maximum Gasteiger partial charge on any atom is 0.255 e. The van der Waals surface area contributed by atoms with Crippen molar-refractivity contribution in [2.75, 3.05) is 24.3 Å². The lowest BCUT2D eigenvalue weighted by Crippen LogP contribution is -2.15. The number of rotatable bonds is 7. The molecule has 0 heterocycles. The van der Waals surface area contributed by atoms with Gasteiger partial charge in [-0.05, 0) is 50.2 Å². The van der Waals surface area contributed by atoms with E-state index in [0.717, 1.165) is 5.56 Å². The Labute approximate surface area is 147 Å². The van der Waals surface area contributed by atoms with Crippen LogP contribution in [0.5, 0.6) is 5.75 Å². The average molecular weight is 341 g/mol. The first-order valence-electron chi connectivity index (χ1n) is 8.09. The van der Waals surface area contributed by atoms with Crippen molar-refractivity contribution in [3.05, 3.63) is 53.6 Å². The fourth-order valence-electron chi connectivity index (χ4n) is 2.27. The second kappa shape index (κ2) is 8.84. The quantitative estimate of drug-likeness (QED) is 0.722. The molecule has 2 aromatic rings. The predicted molar refractivity (Wildman–Crippen MR) is 99.0 cm³/mol. The molecular formula is C19H23N3O3. The number of methoxy groups -OCH3 is 1. The number of carbonyl (C=O) groups is 2. The Morgan fingerprint density at radius 3 is 2.44 bits per heavy atom. The lowest BCUT2D eigenvalue weighted by atomic mass is 10.1. The first-order chi connectivity index (χ1) is 12.0. The second-order valence-electron chi connectivity index (χ2n) is 5.68. The highest BCUT2D eigenvalue weighted by Crippen LogP contribution is 2.28. The SMILES string of the molecule is COc1ccc(NC(=O)c2ccc(C)cc2)cc1NC(=O)CCCN. The molecule has 6 nitrogen and oxygen atoms in total. The average Bonchev–Trinajstić information content (AvgIpc) is 2.60. The summed E-state index contributed by atoms with van der Waals surface area (Å²) >= 11 is 0. The van der Waals surface area contributed by atoms with E-state index in [-0.39, 0.29) is 11.8 Å². The predicted octanol–water partition coefficient (Wildman–Crippen LogP) is 2.93. The molecule has 2 aromatic carbocycles. The summed E-state index contributed by atoms with van der Waals surface area (Å²) in [7, 11) is 1.52. The topological polar surface area (TPSA) is 93.5 Å². The zero-order valence-corrected chi connectivity index (χ0v) is 14.5. The van der Waals surface area contributed by atoms with E-state index in [9.17, 15) is 9.59 Å². The molecule has 0 aromatic heterocycles. The molecule has 0 saturated carbocycles. The molecule has 0 aliphatic heterocycles. The fraction of sp³-hybridized carbons (Fsp3) is 0.263. The molecule has 0 radical (unpaired) electrons. The van der Waals surface area contributed by atoms with Gasteiger partial charge in [-0.1, -0.05) is 17.7 Å². The molecule has 0 atom stereocenters. The van der Waals surface area contributed by atoms with Crippen LogP contribution in [0.25, 0.3) is 0 Å². The fourth-order valence-corrected chi connectivity index (χ4v) is 2.27. The van der Waals surface area contributed by atoms with Gasteiger partial charge < -0.3 is 21.1 Å². The number of anilines is 2. The van der Waals surface area contributed by atoms with Gasteiger partial charge in [0.15, 0.2) is 0 Å². The van der Waals surface area contributed by atoms with Crippen LogP contribution in [0.4, 0.5) is 11.4 Å². The van der Waals surface area contributed by atoms with E-state index < -0.39 is 0 Å². The third-order valence-electron chi connectivity index (χ3n) is 3.65. The van der Waals surface area contributed by atoms with Gasteiger partial charge in [0, 0.05) is 17.7 Å². The summed E-state index contributed by atoms with van der Waals surface area (Å²) in [6, 6.07) is 12.4. The zero-order chi connectivity index (χ0) is 18.2. The Kier molecular flexibility index (Phi) is 6.54. The van der Waals surface area contributed by atoms with Crippen LogP contribution in [0.15, 0.2) is 42.5 Å². The molecule has 6 heteroatoms. The van der Waals surface area contributed by atoms with Crippen LogP contribution in [0.2, 0.25) is 0 Å². The van der Waals surface area contributed by atoms with Crippen LogP contribution in [-0.2, 0) is 4.79 Å². The van der Waals surface area contributed by atoms with Crippen LogP contribution in [0.1, 0.15) is 28.8 Å². The van der Waals surface area contributed by atoms with E-state index in [1.165, 1.54) is 7.11 Å². The van der Waals surface area contributed by atoms with E-state index in [2.05, 4.69) is 10.6 Å². The number of benzene rings is 2. The first kappa shape index (κ1) is 18.5. The van der Waals surface area contributed by atoms with Crippen molar-refractivity contribution in [3.63, 3.8) is 0 Å². The third-order valence-corrected chi connectivity index (χ3v) is 3.65. The molecule has 0 fully saturated rings. The highest BCUT2D eigenvalue weighted by Gasteiger charge is 2.11. The molecular weight excluding hydrogens is 318 g/mol. The third kappa shape index (κ3) is 5.32. The molecule has 0 unspecified atom stereocenters. The van der Waals surface area contributed by atoms with Crippen LogP contribution in [0, 0.1) is 6.92 Å². The standard InChI is InChI=1S/C19H23N3O3/c1-13-5-7-14(8-6-13)19(24)21-15-9-10-17(25-2)16(12-15)22-18(23)4-3-11-20/h5-10,12H,3-4,11,20H2,1-2H3,(H,21,24)(H,22,23). The molecule has 0 saturated heterocycles. The summed E-state index contributed by atoms with van der Waals surface area (Å²) < 4.78 is 5.26. The Bertz CT molecular complexity index is 742. The maximum absolute atomic E-state index is 12.3. The lowest BCUT2D eigenvalue weighted by Gasteiger charge is -2.13. The number of aryl methyl sites for hydroxylation is 1. The largest absolute Gasteiger partial charge is 0.495 e. The number of nitrogens with two attached hydrogens (primary N) is 1. The summed E-state index contributed by atoms with van der Waals surface area (Å²) in [6.45, 7) is 2.42. The number of hydrogen-bond acceptors (Lipinski definition) is 4. The van der Waals surface area contributed by atoms with Crippen molar-refractivity contribution < 1.29 is 14.3 Å². The molecule has 2 amide bonds. The Morgan fingerprint density at radius 2 is 1.80 bits per heavy atom. The zero-order valence-electron chi connectivity index (χ0n) is 14.5. The minimum atomic E-state index is -0.217. The Balaban J connectivity index is 2.13. The van der Waals surface area contributed by atoms with Gasteiger partial charge in [0.25, 0.3) is 5.91 Å². The van der Waals surface area contributed by atoms with Gasteiger partial charge in [-0.15, -0.1) is 0 Å². The van der Waals surface area contributed by atoms with Crippen LogP contribution in [-0.4, -0.2) is 25.5 Å². The van der Waals surface area contributed by atoms with Crippen molar-refractivity contribution >= 4 is 23.2 Å². The lowest BCUT2D eigenvalue weighted by molar-refractivity contribution is -0.116. The van der Waals surface area contributed by atoms with Gasteiger partial charge in [-0.3, -0.25) is 9.59 Å². The van der Waals surface area contributed by atoms with Gasteiger partial charge >= 0.3 is 0 Å². The van der Waals surface area contributed by atoms with Crippen molar-refractivity contribution in [1.82, 2.24) is 0 Å². The monoisotopic (exact) mass is 341 g/mol. The number of hydrogen-bond donors (Lipinski definition) is 3. The number of carbonyl (C=O) groups excluding carboxylic acids is 2. The molecule has 0 aliphatic carbocycles. The molecule has 0 bridgehead atoms. The van der Waals surface area contributed by atoms with Crippen LogP contribution < -0.4 is 21.1 Å². The highest BCUT2D eigenvalue weighted by molar-refractivity contribution is 6.05. The van der Waals surface area contributed by atoms with Gasteiger partial charge in [0.2, 0.25) is 5.91 Å². The number of nitrogens with one attached hydrogen (secondary N) is 2. The van der Waals surface area contributed by atoms with E-state index in [1.54, 1.807) is 30.3 Å². The highest BCUT2D eigenvalue weighted by atomic mass is 16.5. The van der Waals surface area contributed by atoms with E-state index in [4.69, 9.17) is 10.5 Å². The van der Waals surface area contributed by atoms with Gasteiger partial charge in [-0.2, -0.15) is 0 Å². The summed E-state index contributed by atoms with van der Waals surface area (Å²) in [4.78, 5) is 24.2. The van der Waals surface area contributed by atoms with Gasteiger partial charge in [0.05, 0.1) is 12.8 Å². The summed E-state index contributed by atoms with van der Waals surface area (Å²) in [6.07, 6.45) is 0.942. The van der Waals surface area contributed by atoms with Crippen molar-refractivity contribution in [2.24, 2.45) is 5.73 Å². The second-order valence-corrected chi connectivity index (χ2v) is 5.68. The summed E-state index contributed by atoms with van der Waals surface area (Å²) in [5.41, 5.74) is 8.14. The molecule has 4 N–H and O–H groups in total. The normalized spacial score (nSPS) is 10.2. The summed E-state index contributed by atoms with van der Waals surface area (Å²) in [5, 5.41) is 5.61. The molecule has 25 heavy (non-hydrogen) atoms. The Morgan fingerprint density at radius 1 is 1.08 bits per heavy atom. The van der Waals surface area contributed by atoms with Gasteiger partial charge in [0.1, 0.15) is 5.75 Å². The molecule has 132 valence electrons. The van der Waals surface area contributed by atoms with Crippen molar-refractivity contribution in [3.8, 4) is 5.75 Å². The summed E-state index contributed by atoms with van der Waals surface area (Å²) in [5.74, 6) is 0.158. The van der Waals surface area contributed by atoms with Crippen molar-refractivity contribution in [2.45, 2.75) is 19.8 Å². The van der Waals surface area contributed by atoms with Crippen LogP contribution >= 0.6 is 0 Å². The minimum absolute atomic E-state index is 0.147. The molecule has 0 spiro atoms. The minimum Gasteiger partial charge on any atom is -0.495 e. The maximum atomic E-state index is 12.3. The molecule has 2 rings (SSSR count). The van der Waals surface area contributed by atoms with Gasteiger partial charge in [-0.25, -0.2) is 0 Å². The first-order valence-corrected chi connectivity index (χ1v) is 8.09. The van der Waals surface area contributed by atoms with Crippen LogP contribution in [0.3, 0.4) is 0 Å². The Hall–Kier alpha value is -2.86. The number of ether oxygens (including phenoxy) is 1. The number of amides is 2. The van der Waals surface area contributed by atoms with E-state index in [1.807, 2.05) is 19.1 Å². The van der Waals surface area contributed by atoms with E-state index in [0.29, 0.717) is 42.1 Å². The van der Waals surface area contributed by atoms with E-state index >= 15 is 0 Å². The van der Waals surface area contributed by atoms with Crippen molar-refractivity contribution in [1.29, 1.82) is 0 Å². The molecule has 0 aliphatic rings.